The average Bonchev–Trinajstić information content (AvgIpc) is 3.99. The summed E-state index contributed by atoms with van der Waals surface area (Å²) in [4.78, 5) is 16.5. The van der Waals surface area contributed by atoms with Crippen LogP contribution >= 0.6 is 0 Å². The van der Waals surface area contributed by atoms with Crippen LogP contribution in [0.3, 0.4) is 0 Å². The third-order valence-electron chi connectivity index (χ3n) is 11.4. The van der Waals surface area contributed by atoms with Gasteiger partial charge in [0.15, 0.2) is 11.6 Å². The fraction of sp³-hybridized carbons (Fsp3) is 0.628. The van der Waals surface area contributed by atoms with Gasteiger partial charge in [-0.2, -0.15) is 10.4 Å². The molecule has 0 unspecified atom stereocenters. The first-order valence-corrected chi connectivity index (χ1v) is 19.2. The molecule has 0 aliphatic carbocycles. The Bertz CT molecular complexity index is 1750. The minimum Gasteiger partial charge on any atom is -1.00 e. The lowest BCUT2D eigenvalue weighted by Gasteiger charge is -2.41. The van der Waals surface area contributed by atoms with Crippen molar-refractivity contribution < 1.29 is 31.1 Å². The maximum Gasteiger partial charge on any atom is 0.341 e. The van der Waals surface area contributed by atoms with Crippen molar-refractivity contribution in [3.63, 3.8) is 0 Å². The number of carbonyl (C=O) groups is 1. The summed E-state index contributed by atoms with van der Waals surface area (Å²) >= 11 is 0. The number of rotatable bonds is 8. The van der Waals surface area contributed by atoms with E-state index in [0.29, 0.717) is 0 Å². The first-order chi connectivity index (χ1) is 25.8. The molecule has 1 amide bonds. The van der Waals surface area contributed by atoms with Crippen LogP contribution in [0.25, 0.3) is 0 Å². The minimum atomic E-state index is -0.342. The van der Waals surface area contributed by atoms with Crippen molar-refractivity contribution in [2.75, 3.05) is 67.5 Å². The number of hydrogen-bond acceptors (Lipinski definition) is 10. The van der Waals surface area contributed by atoms with Gasteiger partial charge in [0.05, 0.1) is 22.9 Å². The van der Waals surface area contributed by atoms with E-state index in [9.17, 15) is 4.79 Å². The van der Waals surface area contributed by atoms with Crippen LogP contribution in [0.15, 0.2) is 60.7 Å². The maximum absolute atomic E-state index is 12.4. The van der Waals surface area contributed by atoms with E-state index >= 15 is 0 Å². The number of ether oxygens (including phenoxy) is 1. The lowest BCUT2D eigenvalue weighted by molar-refractivity contribution is -0.477. The van der Waals surface area contributed by atoms with Crippen molar-refractivity contribution >= 4 is 11.8 Å². The van der Waals surface area contributed by atoms with Crippen molar-refractivity contribution in [2.45, 2.75) is 99.3 Å². The molecule has 3 saturated heterocycles. The highest BCUT2D eigenvalue weighted by Gasteiger charge is 2.42. The SMILES string of the molecule is C.C.C.CN(C)C(=O)C(C)(C)CCN1CCC(c2ccccc2)(c2nn[nH]n2)CC1.C[N+](C)=C1OCCC1(C)C.[Br-].c1ccc(C2(c3nn[nH]n3)CCNCC2)cc1. The van der Waals surface area contributed by atoms with E-state index in [0.717, 1.165) is 95.4 Å². The molecule has 58 heavy (non-hydrogen) atoms. The Kier molecular flexibility index (Phi) is 20.5. The molecule has 14 nitrogen and oxygen atoms in total. The van der Waals surface area contributed by atoms with Crippen LogP contribution in [0.1, 0.15) is 111 Å². The Balaban J connectivity index is 0.000000466. The molecule has 3 aliphatic heterocycles. The van der Waals surface area contributed by atoms with Crippen molar-refractivity contribution in [3.8, 4) is 0 Å². The Hall–Kier alpha value is -4.08. The molecule has 0 atom stereocenters. The highest BCUT2D eigenvalue weighted by molar-refractivity contribution is 5.81. The van der Waals surface area contributed by atoms with Crippen LogP contribution < -0.4 is 22.3 Å². The zero-order valence-corrected chi connectivity index (χ0v) is 35.6. The topological polar surface area (TPSA) is 157 Å². The van der Waals surface area contributed by atoms with Crippen molar-refractivity contribution in [3.05, 3.63) is 83.4 Å². The second kappa shape index (κ2) is 22.9. The molecular formula is C43H73BrN12O2. The van der Waals surface area contributed by atoms with Gasteiger partial charge in [-0.05, 0) is 89.8 Å². The summed E-state index contributed by atoms with van der Waals surface area (Å²) in [7, 11) is 7.71. The number of nitrogens with zero attached hydrogens (tertiary/aromatic N) is 9. The van der Waals surface area contributed by atoms with E-state index in [-0.39, 0.29) is 66.8 Å². The fourth-order valence-corrected chi connectivity index (χ4v) is 8.13. The van der Waals surface area contributed by atoms with E-state index in [1.54, 1.807) is 4.90 Å². The van der Waals surface area contributed by atoms with E-state index in [1.165, 1.54) is 11.1 Å². The van der Waals surface area contributed by atoms with Gasteiger partial charge in [0, 0.05) is 25.9 Å². The summed E-state index contributed by atoms with van der Waals surface area (Å²) in [6.45, 7) is 14.2. The maximum atomic E-state index is 12.4. The quantitative estimate of drug-likeness (QED) is 0.225. The molecule has 2 aromatic heterocycles. The van der Waals surface area contributed by atoms with Gasteiger partial charge < -0.3 is 36.8 Å². The molecule has 0 spiro atoms. The Morgan fingerprint density at radius 1 is 0.793 bits per heavy atom. The molecule has 15 heteroatoms. The number of carbonyl (C=O) groups excluding carboxylic acids is 1. The lowest BCUT2D eigenvalue weighted by atomic mass is 9.72. The number of tetrazole rings is 2. The van der Waals surface area contributed by atoms with Crippen molar-refractivity contribution in [2.24, 2.45) is 10.8 Å². The summed E-state index contributed by atoms with van der Waals surface area (Å²) in [5.41, 5.74) is 2.16. The number of aromatic nitrogens is 8. The Morgan fingerprint density at radius 3 is 1.62 bits per heavy atom. The second-order valence-corrected chi connectivity index (χ2v) is 16.5. The molecule has 3 fully saturated rings. The zero-order chi connectivity index (χ0) is 38.8. The summed E-state index contributed by atoms with van der Waals surface area (Å²) in [5.74, 6) is 2.89. The van der Waals surface area contributed by atoms with Gasteiger partial charge in [-0.1, -0.05) is 107 Å². The van der Waals surface area contributed by atoms with Crippen LogP contribution in [-0.4, -0.2) is 135 Å². The first kappa shape index (κ1) is 51.9. The van der Waals surface area contributed by atoms with Gasteiger partial charge in [0.1, 0.15) is 14.1 Å². The molecule has 3 aliphatic rings. The first-order valence-electron chi connectivity index (χ1n) is 19.2. The van der Waals surface area contributed by atoms with Gasteiger partial charge >= 0.3 is 5.90 Å². The van der Waals surface area contributed by atoms with Crippen LogP contribution in [0, 0.1) is 10.8 Å². The molecule has 324 valence electrons. The second-order valence-electron chi connectivity index (χ2n) is 16.5. The molecule has 3 N–H and O–H groups in total. The molecular weight excluding hydrogens is 796 g/mol. The van der Waals surface area contributed by atoms with Crippen molar-refractivity contribution in [1.29, 1.82) is 0 Å². The van der Waals surface area contributed by atoms with Crippen LogP contribution in [0.4, 0.5) is 0 Å². The fourth-order valence-electron chi connectivity index (χ4n) is 8.13. The Labute approximate surface area is 359 Å². The molecule has 2 aromatic carbocycles. The molecule has 0 radical (unpaired) electrons. The number of hydrogen-bond donors (Lipinski definition) is 3. The standard InChI is InChI=1S/C20H30N6O.C12H15N5.C8H16NO.3CH4.BrH/c1-19(2,18(27)25(3)4)10-13-26-14-11-20(12-15-26,17-21-23-24-22-17)16-8-6-5-7-9-16;1-2-4-10(5-3-1)12(6-8-13-9-7-12)11-14-16-17-15-11;1-8(2)5-6-10-7(8)9(3)4;;;;/h5-9H,10-15H2,1-4H3,(H,21,22,23,24);1-5,13H,6-9H2,(H,14,15,16,17);5-6H2,1-4H3;3*1H4;1H/q;;+1;;;;/p-1. The molecule has 0 bridgehead atoms. The van der Waals surface area contributed by atoms with E-state index in [2.05, 4.69) is 118 Å². The van der Waals surface area contributed by atoms with Crippen LogP contribution in [0.2, 0.25) is 0 Å². The molecule has 7 rings (SSSR count). The Morgan fingerprint density at radius 2 is 1.26 bits per heavy atom. The summed E-state index contributed by atoms with van der Waals surface area (Å²) in [5, 5.41) is 33.2. The smallest absolute Gasteiger partial charge is 0.341 e. The molecule has 0 saturated carbocycles. The van der Waals surface area contributed by atoms with E-state index in [4.69, 9.17) is 4.74 Å². The van der Waals surface area contributed by atoms with Gasteiger partial charge in [-0.15, -0.1) is 20.4 Å². The highest BCUT2D eigenvalue weighted by atomic mass is 79.9. The van der Waals surface area contributed by atoms with Crippen LogP contribution in [0.5, 0.6) is 0 Å². The number of H-pyrrole nitrogens is 2. The molecule has 4 aromatic rings. The highest BCUT2D eigenvalue weighted by Crippen LogP contribution is 2.40. The van der Waals surface area contributed by atoms with Gasteiger partial charge in [-0.3, -0.25) is 4.79 Å². The third-order valence-corrected chi connectivity index (χ3v) is 11.4. The largest absolute Gasteiger partial charge is 1.00 e. The summed E-state index contributed by atoms with van der Waals surface area (Å²) in [6, 6.07) is 21.0. The normalized spacial score (nSPS) is 17.7. The summed E-state index contributed by atoms with van der Waals surface area (Å²) in [6.07, 6.45) is 5.90. The number of likely N-dealkylation sites (tertiary alicyclic amines) is 1. The van der Waals surface area contributed by atoms with Crippen LogP contribution in [-0.2, 0) is 20.4 Å². The van der Waals surface area contributed by atoms with E-state index < -0.39 is 0 Å². The molecule has 5 heterocycles. The predicted molar refractivity (Wildman–Crippen MR) is 229 cm³/mol. The number of halogens is 1. The lowest BCUT2D eigenvalue weighted by Crippen LogP contribution is -3.00. The predicted octanol–water partition coefficient (Wildman–Crippen LogP) is 2.97. The van der Waals surface area contributed by atoms with Gasteiger partial charge in [-0.25, -0.2) is 4.58 Å². The number of nitrogens with one attached hydrogen (secondary N) is 3. The minimum absolute atomic E-state index is 0. The number of benzene rings is 2. The van der Waals surface area contributed by atoms with Gasteiger partial charge in [0.25, 0.3) is 0 Å². The third kappa shape index (κ3) is 12.2. The summed E-state index contributed by atoms with van der Waals surface area (Å²) < 4.78 is 7.53. The van der Waals surface area contributed by atoms with Crippen molar-refractivity contribution in [1.82, 2.24) is 56.4 Å². The van der Waals surface area contributed by atoms with E-state index in [1.807, 2.05) is 54.2 Å². The number of aromatic amines is 2. The number of piperidine rings is 2. The monoisotopic (exact) mass is 869 g/mol. The average molecular weight is 870 g/mol. The van der Waals surface area contributed by atoms with Gasteiger partial charge in [0.2, 0.25) is 5.91 Å². The number of amides is 1. The zero-order valence-electron chi connectivity index (χ0n) is 34.0.